The highest BCUT2D eigenvalue weighted by Gasteiger charge is 2.24. The second-order valence-electron chi connectivity index (χ2n) is 5.93. The van der Waals surface area contributed by atoms with E-state index in [0.29, 0.717) is 16.8 Å². The Morgan fingerprint density at radius 1 is 1.09 bits per heavy atom. The molecule has 4 nitrogen and oxygen atoms in total. The maximum absolute atomic E-state index is 12.4. The molecule has 0 radical (unpaired) electrons. The van der Waals surface area contributed by atoms with Gasteiger partial charge in [0, 0.05) is 0 Å². The molecule has 4 rings (SSSR count). The minimum Gasteiger partial charge on any atom is -0.273 e. The zero-order valence-electron chi connectivity index (χ0n) is 12.3. The van der Waals surface area contributed by atoms with Crippen LogP contribution in [0.25, 0.3) is 16.6 Å². The van der Waals surface area contributed by atoms with E-state index < -0.39 is 0 Å². The maximum atomic E-state index is 12.4. The van der Waals surface area contributed by atoms with Gasteiger partial charge in [-0.25, -0.2) is 4.79 Å². The number of aromatic nitrogens is 2. The van der Waals surface area contributed by atoms with E-state index in [4.69, 9.17) is 0 Å². The van der Waals surface area contributed by atoms with Crippen LogP contribution >= 0.6 is 0 Å². The van der Waals surface area contributed by atoms with Gasteiger partial charge in [-0.1, -0.05) is 24.3 Å². The first-order chi connectivity index (χ1) is 10.6. The summed E-state index contributed by atoms with van der Waals surface area (Å²) in [5.41, 5.74) is 2.98. The Kier molecular flexibility index (Phi) is 2.79. The molecule has 1 aliphatic rings. The van der Waals surface area contributed by atoms with Gasteiger partial charge in [0.1, 0.15) is 0 Å². The van der Waals surface area contributed by atoms with E-state index >= 15 is 0 Å². The SMILES string of the molecule is Cc1ccccc1-n1c(=O)[nH]c(=O)c2ccc(C3CC3)cc21. The standard InChI is InChI=1S/C18H16N2O2/c1-11-4-2-3-5-15(11)20-16-10-13(12-6-7-12)8-9-14(16)17(21)19-18(20)22/h2-5,8-10,12H,6-7H2,1H3,(H,19,21,22). The topological polar surface area (TPSA) is 54.9 Å². The number of aromatic amines is 1. The van der Waals surface area contributed by atoms with Gasteiger partial charge in [-0.15, -0.1) is 0 Å². The lowest BCUT2D eigenvalue weighted by atomic mass is 10.1. The Hall–Kier alpha value is -2.62. The molecule has 1 N–H and O–H groups in total. The van der Waals surface area contributed by atoms with Crippen molar-refractivity contribution in [2.45, 2.75) is 25.7 Å². The van der Waals surface area contributed by atoms with Crippen LogP contribution in [0.2, 0.25) is 0 Å². The van der Waals surface area contributed by atoms with Gasteiger partial charge in [0.15, 0.2) is 0 Å². The average molecular weight is 292 g/mol. The summed E-state index contributed by atoms with van der Waals surface area (Å²) in [6.45, 7) is 1.96. The van der Waals surface area contributed by atoms with Crippen LogP contribution in [0.15, 0.2) is 52.1 Å². The Morgan fingerprint density at radius 2 is 1.86 bits per heavy atom. The van der Waals surface area contributed by atoms with Crippen molar-refractivity contribution in [3.05, 3.63) is 74.4 Å². The number of benzene rings is 2. The summed E-state index contributed by atoms with van der Waals surface area (Å²) < 4.78 is 1.61. The quantitative estimate of drug-likeness (QED) is 0.789. The largest absolute Gasteiger partial charge is 0.333 e. The Morgan fingerprint density at radius 3 is 2.59 bits per heavy atom. The number of rotatable bonds is 2. The van der Waals surface area contributed by atoms with E-state index in [-0.39, 0.29) is 11.2 Å². The van der Waals surface area contributed by atoms with E-state index in [0.717, 1.165) is 11.3 Å². The summed E-state index contributed by atoms with van der Waals surface area (Å²) in [5, 5.41) is 0.548. The van der Waals surface area contributed by atoms with Crippen LogP contribution < -0.4 is 11.2 Å². The minimum absolute atomic E-state index is 0.327. The molecule has 1 heterocycles. The number of hydrogen-bond donors (Lipinski definition) is 1. The predicted octanol–water partition coefficient (Wildman–Crippen LogP) is 2.86. The summed E-state index contributed by atoms with van der Waals surface area (Å²) in [4.78, 5) is 26.9. The normalized spacial score (nSPS) is 14.4. The van der Waals surface area contributed by atoms with Crippen LogP contribution in [0.3, 0.4) is 0 Å². The summed E-state index contributed by atoms with van der Waals surface area (Å²) in [6.07, 6.45) is 2.37. The van der Waals surface area contributed by atoms with Crippen LogP contribution in [0.5, 0.6) is 0 Å². The smallest absolute Gasteiger partial charge is 0.273 e. The summed E-state index contributed by atoms with van der Waals surface area (Å²) in [5.74, 6) is 0.573. The molecular weight excluding hydrogens is 276 g/mol. The number of para-hydroxylation sites is 1. The van der Waals surface area contributed by atoms with E-state index in [1.54, 1.807) is 4.57 Å². The van der Waals surface area contributed by atoms with Gasteiger partial charge in [-0.3, -0.25) is 14.3 Å². The number of H-pyrrole nitrogens is 1. The Balaban J connectivity index is 2.12. The molecule has 1 aromatic heterocycles. The molecule has 0 unspecified atom stereocenters. The number of hydrogen-bond acceptors (Lipinski definition) is 2. The first-order valence-corrected chi connectivity index (χ1v) is 7.50. The van der Waals surface area contributed by atoms with Crippen LogP contribution in [0.4, 0.5) is 0 Å². The summed E-state index contributed by atoms with van der Waals surface area (Å²) >= 11 is 0. The molecule has 1 saturated carbocycles. The van der Waals surface area contributed by atoms with Crippen molar-refractivity contribution >= 4 is 10.9 Å². The fraction of sp³-hybridized carbons (Fsp3) is 0.222. The number of nitrogens with zero attached hydrogens (tertiary/aromatic N) is 1. The zero-order valence-corrected chi connectivity index (χ0v) is 12.3. The van der Waals surface area contributed by atoms with Gasteiger partial charge in [0.05, 0.1) is 16.6 Å². The fourth-order valence-electron chi connectivity index (χ4n) is 2.98. The summed E-state index contributed by atoms with van der Waals surface area (Å²) in [6, 6.07) is 13.5. The van der Waals surface area contributed by atoms with E-state index in [1.807, 2.05) is 49.4 Å². The molecule has 2 aromatic carbocycles. The van der Waals surface area contributed by atoms with E-state index in [2.05, 4.69) is 4.98 Å². The van der Waals surface area contributed by atoms with Crippen molar-refractivity contribution in [2.75, 3.05) is 0 Å². The molecule has 0 amide bonds. The second kappa shape index (κ2) is 4.70. The first kappa shape index (κ1) is 13.1. The van der Waals surface area contributed by atoms with Gasteiger partial charge in [-0.2, -0.15) is 0 Å². The third-order valence-electron chi connectivity index (χ3n) is 4.34. The molecule has 0 spiro atoms. The molecular formula is C18H16N2O2. The number of fused-ring (bicyclic) bond motifs is 1. The van der Waals surface area contributed by atoms with Crippen LogP contribution in [0, 0.1) is 6.92 Å². The van der Waals surface area contributed by atoms with Crippen molar-refractivity contribution in [1.29, 1.82) is 0 Å². The molecule has 1 aliphatic carbocycles. The van der Waals surface area contributed by atoms with Gasteiger partial charge in [-0.05, 0) is 55.0 Å². The Bertz CT molecular complexity index is 994. The van der Waals surface area contributed by atoms with Crippen LogP contribution in [0.1, 0.15) is 29.9 Å². The van der Waals surface area contributed by atoms with Crippen molar-refractivity contribution in [3.63, 3.8) is 0 Å². The predicted molar refractivity (Wildman–Crippen MR) is 86.9 cm³/mol. The number of nitrogens with one attached hydrogen (secondary N) is 1. The van der Waals surface area contributed by atoms with Crippen LogP contribution in [-0.2, 0) is 0 Å². The van der Waals surface area contributed by atoms with Gasteiger partial charge >= 0.3 is 5.69 Å². The maximum Gasteiger partial charge on any atom is 0.333 e. The molecule has 0 atom stereocenters. The lowest BCUT2D eigenvalue weighted by molar-refractivity contribution is 0.932. The third kappa shape index (κ3) is 1.99. The third-order valence-corrected chi connectivity index (χ3v) is 4.34. The zero-order chi connectivity index (χ0) is 15.3. The lowest BCUT2D eigenvalue weighted by Crippen LogP contribution is -2.29. The highest BCUT2D eigenvalue weighted by molar-refractivity contribution is 5.80. The van der Waals surface area contributed by atoms with Gasteiger partial charge < -0.3 is 0 Å². The first-order valence-electron chi connectivity index (χ1n) is 7.50. The molecule has 0 aliphatic heterocycles. The van der Waals surface area contributed by atoms with E-state index in [1.165, 1.54) is 18.4 Å². The van der Waals surface area contributed by atoms with Crippen molar-refractivity contribution in [3.8, 4) is 5.69 Å². The highest BCUT2D eigenvalue weighted by Crippen LogP contribution is 2.40. The van der Waals surface area contributed by atoms with E-state index in [9.17, 15) is 9.59 Å². The number of aryl methyl sites for hydroxylation is 1. The molecule has 3 aromatic rings. The highest BCUT2D eigenvalue weighted by atomic mass is 16.2. The van der Waals surface area contributed by atoms with Crippen molar-refractivity contribution < 1.29 is 0 Å². The molecule has 0 bridgehead atoms. The molecule has 22 heavy (non-hydrogen) atoms. The van der Waals surface area contributed by atoms with Gasteiger partial charge in [0.2, 0.25) is 0 Å². The molecule has 4 heteroatoms. The van der Waals surface area contributed by atoms with Gasteiger partial charge in [0.25, 0.3) is 5.56 Å². The lowest BCUT2D eigenvalue weighted by Gasteiger charge is -2.13. The average Bonchev–Trinajstić information content (AvgIpc) is 3.33. The summed E-state index contributed by atoms with van der Waals surface area (Å²) in [7, 11) is 0. The Labute approximate surface area is 127 Å². The molecule has 110 valence electrons. The minimum atomic E-state index is -0.389. The molecule has 1 fully saturated rings. The van der Waals surface area contributed by atoms with Crippen LogP contribution in [-0.4, -0.2) is 9.55 Å². The monoisotopic (exact) mass is 292 g/mol. The second-order valence-corrected chi connectivity index (χ2v) is 5.93. The van der Waals surface area contributed by atoms with Crippen molar-refractivity contribution in [2.24, 2.45) is 0 Å². The molecule has 0 saturated heterocycles. The van der Waals surface area contributed by atoms with Crippen molar-refractivity contribution in [1.82, 2.24) is 9.55 Å². The fourth-order valence-corrected chi connectivity index (χ4v) is 2.98.